The van der Waals surface area contributed by atoms with E-state index in [0.717, 1.165) is 17.4 Å². The Morgan fingerprint density at radius 3 is 2.55 bits per heavy atom. The van der Waals surface area contributed by atoms with Crippen molar-refractivity contribution in [2.45, 2.75) is 31.2 Å². The lowest BCUT2D eigenvalue weighted by molar-refractivity contribution is -0.117. The average Bonchev–Trinajstić information content (AvgIpc) is 2.98. The number of aryl methyl sites for hydroxylation is 1. The summed E-state index contributed by atoms with van der Waals surface area (Å²) in [6.07, 6.45) is 0.317. The summed E-state index contributed by atoms with van der Waals surface area (Å²) in [5.41, 5.74) is 0.179. The molecule has 3 aromatic rings. The smallest absolute Gasteiger partial charge is 0.249 e. The summed E-state index contributed by atoms with van der Waals surface area (Å²) >= 11 is 6.74. The van der Waals surface area contributed by atoms with Gasteiger partial charge in [0.25, 0.3) is 0 Å². The molecule has 0 aliphatic heterocycles. The van der Waals surface area contributed by atoms with Gasteiger partial charge in [-0.3, -0.25) is 4.79 Å². The summed E-state index contributed by atoms with van der Waals surface area (Å²) in [5, 5.41) is 0.406. The zero-order valence-electron chi connectivity index (χ0n) is 15.4. The van der Waals surface area contributed by atoms with E-state index in [1.165, 1.54) is 34.9 Å². The van der Waals surface area contributed by atoms with E-state index in [0.29, 0.717) is 22.7 Å². The number of benzene rings is 2. The first kappa shape index (κ1) is 21.6. The minimum absolute atomic E-state index is 0.0650. The first-order chi connectivity index (χ1) is 13.7. The predicted octanol–water partition coefficient (Wildman–Crippen LogP) is 4.34. The molecule has 0 aliphatic carbocycles. The minimum atomic E-state index is -3.67. The Bertz CT molecular complexity index is 1230. The maximum absolute atomic E-state index is 14.2. The van der Waals surface area contributed by atoms with Gasteiger partial charge in [0.05, 0.1) is 20.9 Å². The van der Waals surface area contributed by atoms with E-state index in [4.69, 9.17) is 11.6 Å². The molecule has 1 amide bonds. The molecule has 1 aromatic heterocycles. The van der Waals surface area contributed by atoms with E-state index < -0.39 is 33.1 Å². The van der Waals surface area contributed by atoms with Crippen LogP contribution in [0.3, 0.4) is 0 Å². The first-order valence-corrected chi connectivity index (χ1v) is 11.6. The molecule has 29 heavy (non-hydrogen) atoms. The Kier molecular flexibility index (Phi) is 6.50. The van der Waals surface area contributed by atoms with Gasteiger partial charge < -0.3 is 4.57 Å². The summed E-state index contributed by atoms with van der Waals surface area (Å²) in [6.45, 7) is 2.26. The van der Waals surface area contributed by atoms with Crippen LogP contribution in [0.2, 0.25) is 5.02 Å². The van der Waals surface area contributed by atoms with E-state index in [9.17, 15) is 22.0 Å². The number of aromatic nitrogens is 1. The highest BCUT2D eigenvalue weighted by molar-refractivity contribution is 7.91. The third-order valence-electron chi connectivity index (χ3n) is 4.12. The van der Waals surface area contributed by atoms with Gasteiger partial charge in [0.2, 0.25) is 5.91 Å². The van der Waals surface area contributed by atoms with Gasteiger partial charge in [0.1, 0.15) is 5.82 Å². The SMILES string of the molecule is CCCn1c(=NC(=O)CCS(=O)(=O)c2ccc(Cl)cc2)sc2cc(F)cc(F)c21. The van der Waals surface area contributed by atoms with Gasteiger partial charge in [-0.25, -0.2) is 17.2 Å². The normalized spacial score (nSPS) is 12.6. The summed E-state index contributed by atoms with van der Waals surface area (Å²) in [4.78, 5) is 16.5. The van der Waals surface area contributed by atoms with Gasteiger partial charge in [0.15, 0.2) is 20.5 Å². The Morgan fingerprint density at radius 1 is 1.21 bits per heavy atom. The molecule has 0 saturated heterocycles. The number of sulfone groups is 1. The van der Waals surface area contributed by atoms with Gasteiger partial charge in [-0.2, -0.15) is 4.99 Å². The number of fused-ring (bicyclic) bond motifs is 1. The fourth-order valence-corrected chi connectivity index (χ4v) is 5.26. The molecule has 0 fully saturated rings. The lowest BCUT2D eigenvalue weighted by atomic mass is 10.3. The number of amides is 1. The summed E-state index contributed by atoms with van der Waals surface area (Å²) in [5.74, 6) is -2.52. The number of hydrogen-bond acceptors (Lipinski definition) is 4. The number of hydrogen-bond donors (Lipinski definition) is 0. The van der Waals surface area contributed by atoms with Gasteiger partial charge in [-0.15, -0.1) is 0 Å². The van der Waals surface area contributed by atoms with E-state index in [1.807, 2.05) is 6.92 Å². The Hall–Kier alpha value is -2.10. The molecular weight excluding hydrogens is 442 g/mol. The highest BCUT2D eigenvalue weighted by atomic mass is 35.5. The number of carbonyl (C=O) groups is 1. The van der Waals surface area contributed by atoms with Crippen molar-refractivity contribution < 1.29 is 22.0 Å². The molecule has 0 unspecified atom stereocenters. The van der Waals surface area contributed by atoms with E-state index in [1.54, 1.807) is 0 Å². The molecule has 0 radical (unpaired) electrons. The van der Waals surface area contributed by atoms with Crippen molar-refractivity contribution in [2.24, 2.45) is 4.99 Å². The standard InChI is InChI=1S/C19H17ClF2N2O3S2/c1-2-8-24-18-15(22)10-13(21)11-16(18)28-19(24)23-17(25)7-9-29(26,27)14-5-3-12(20)4-6-14/h3-6,10-11H,2,7-9H2,1H3. The summed E-state index contributed by atoms with van der Waals surface area (Å²) in [7, 11) is -3.67. The lowest BCUT2D eigenvalue weighted by Crippen LogP contribution is -2.18. The molecule has 10 heteroatoms. The lowest BCUT2D eigenvalue weighted by Gasteiger charge is -2.04. The van der Waals surface area contributed by atoms with Crippen LogP contribution in [0, 0.1) is 11.6 Å². The highest BCUT2D eigenvalue weighted by Crippen LogP contribution is 2.22. The quantitative estimate of drug-likeness (QED) is 0.552. The molecular formula is C19H17ClF2N2O3S2. The Labute approximate surface area is 175 Å². The highest BCUT2D eigenvalue weighted by Gasteiger charge is 2.17. The van der Waals surface area contributed by atoms with Gasteiger partial charge in [-0.05, 0) is 36.8 Å². The molecule has 0 N–H and O–H groups in total. The van der Waals surface area contributed by atoms with Crippen LogP contribution >= 0.6 is 22.9 Å². The number of nitrogens with zero attached hydrogens (tertiary/aromatic N) is 2. The molecule has 1 heterocycles. The summed E-state index contributed by atoms with van der Waals surface area (Å²) in [6, 6.07) is 7.63. The maximum Gasteiger partial charge on any atom is 0.249 e. The topological polar surface area (TPSA) is 68.5 Å². The molecule has 0 bridgehead atoms. The molecule has 5 nitrogen and oxygen atoms in total. The van der Waals surface area contributed by atoms with Crippen LogP contribution in [-0.2, 0) is 21.2 Å². The van der Waals surface area contributed by atoms with Crippen LogP contribution < -0.4 is 4.80 Å². The predicted molar refractivity (Wildman–Crippen MR) is 109 cm³/mol. The maximum atomic E-state index is 14.2. The van der Waals surface area contributed by atoms with Crippen molar-refractivity contribution in [3.8, 4) is 0 Å². The summed E-state index contributed by atoms with van der Waals surface area (Å²) < 4.78 is 54.3. The van der Waals surface area contributed by atoms with Crippen molar-refractivity contribution in [1.29, 1.82) is 0 Å². The van der Waals surface area contributed by atoms with Gasteiger partial charge in [0, 0.05) is 24.1 Å². The van der Waals surface area contributed by atoms with Crippen molar-refractivity contribution >= 4 is 48.9 Å². The van der Waals surface area contributed by atoms with Crippen molar-refractivity contribution in [1.82, 2.24) is 4.57 Å². The zero-order valence-corrected chi connectivity index (χ0v) is 17.8. The molecule has 0 aliphatic rings. The van der Waals surface area contributed by atoms with Gasteiger partial charge >= 0.3 is 0 Å². The minimum Gasteiger partial charge on any atom is -0.314 e. The second-order valence-electron chi connectivity index (χ2n) is 6.30. The van der Waals surface area contributed by atoms with Crippen LogP contribution in [0.25, 0.3) is 10.2 Å². The Balaban J connectivity index is 1.89. The molecule has 0 saturated carbocycles. The van der Waals surface area contributed by atoms with Crippen molar-refractivity contribution in [2.75, 3.05) is 5.75 Å². The zero-order chi connectivity index (χ0) is 21.2. The number of rotatable bonds is 6. The molecule has 154 valence electrons. The number of halogens is 3. The molecule has 0 spiro atoms. The molecule has 0 atom stereocenters. The second-order valence-corrected chi connectivity index (χ2v) is 9.85. The first-order valence-electron chi connectivity index (χ1n) is 8.75. The van der Waals surface area contributed by atoms with Crippen LogP contribution in [0.1, 0.15) is 19.8 Å². The second kappa shape index (κ2) is 8.73. The fourth-order valence-electron chi connectivity index (χ4n) is 2.79. The third kappa shape index (κ3) is 4.91. The van der Waals surface area contributed by atoms with Crippen LogP contribution in [0.5, 0.6) is 0 Å². The third-order valence-corrected chi connectivity index (χ3v) is 7.13. The van der Waals surface area contributed by atoms with Gasteiger partial charge in [-0.1, -0.05) is 29.9 Å². The van der Waals surface area contributed by atoms with E-state index in [2.05, 4.69) is 4.99 Å². The number of thiazole rings is 1. The molecule has 3 rings (SSSR count). The van der Waals surface area contributed by atoms with E-state index in [-0.39, 0.29) is 21.6 Å². The largest absolute Gasteiger partial charge is 0.314 e. The molecule has 2 aromatic carbocycles. The Morgan fingerprint density at radius 2 is 1.90 bits per heavy atom. The van der Waals surface area contributed by atoms with Crippen molar-refractivity contribution in [3.63, 3.8) is 0 Å². The average molecular weight is 459 g/mol. The number of carbonyl (C=O) groups excluding carboxylic acids is 1. The van der Waals surface area contributed by atoms with Crippen molar-refractivity contribution in [3.05, 3.63) is 57.9 Å². The van der Waals surface area contributed by atoms with Crippen LogP contribution in [-0.4, -0.2) is 24.6 Å². The van der Waals surface area contributed by atoms with Crippen LogP contribution in [0.15, 0.2) is 46.3 Å². The van der Waals surface area contributed by atoms with E-state index >= 15 is 0 Å². The fraction of sp³-hybridized carbons (Fsp3) is 0.263. The monoisotopic (exact) mass is 458 g/mol. The van der Waals surface area contributed by atoms with Crippen LogP contribution in [0.4, 0.5) is 8.78 Å².